The molecule has 1 atom stereocenters. The molecule has 120 valence electrons. The molecule has 1 aromatic rings. The molecule has 1 N–H and O–H groups in total. The molecule has 1 aliphatic carbocycles. The highest BCUT2D eigenvalue weighted by molar-refractivity contribution is 6.31. The van der Waals surface area contributed by atoms with Crippen LogP contribution in [0, 0.1) is 5.92 Å². The van der Waals surface area contributed by atoms with Gasteiger partial charge >= 0.3 is 0 Å². The second-order valence-corrected chi connectivity index (χ2v) is 6.50. The first-order chi connectivity index (χ1) is 10.2. The van der Waals surface area contributed by atoms with Crippen LogP contribution in [0.3, 0.4) is 0 Å². The summed E-state index contributed by atoms with van der Waals surface area (Å²) in [6.07, 6.45) is 8.71. The third-order valence-corrected chi connectivity index (χ3v) is 5.26. The number of nitrogens with one attached hydrogen (secondary N) is 1. The first-order valence-corrected chi connectivity index (χ1v) is 9.06. The van der Waals surface area contributed by atoms with Crippen molar-refractivity contribution in [3.63, 3.8) is 0 Å². The summed E-state index contributed by atoms with van der Waals surface area (Å²) in [4.78, 5) is 0. The Balaban J connectivity index is 2.04. The Hall–Kier alpha value is -0.540. The van der Waals surface area contributed by atoms with Gasteiger partial charge in [-0.2, -0.15) is 5.10 Å². The van der Waals surface area contributed by atoms with Gasteiger partial charge in [0.25, 0.3) is 0 Å². The van der Waals surface area contributed by atoms with Gasteiger partial charge in [-0.15, -0.1) is 0 Å². The Bertz CT molecular complexity index is 435. The molecule has 0 aliphatic heterocycles. The quantitative estimate of drug-likeness (QED) is 0.779. The second kappa shape index (κ2) is 8.19. The predicted molar refractivity (Wildman–Crippen MR) is 90.0 cm³/mol. The molecule has 0 bridgehead atoms. The lowest BCUT2D eigenvalue weighted by molar-refractivity contribution is 0.343. The van der Waals surface area contributed by atoms with Gasteiger partial charge in [-0.3, -0.25) is 4.68 Å². The van der Waals surface area contributed by atoms with E-state index in [1.54, 1.807) is 0 Å². The zero-order valence-electron chi connectivity index (χ0n) is 13.8. The summed E-state index contributed by atoms with van der Waals surface area (Å²) in [6.45, 7) is 8.44. The molecule has 0 aromatic carbocycles. The van der Waals surface area contributed by atoms with Crippen molar-refractivity contribution in [2.24, 2.45) is 5.92 Å². The van der Waals surface area contributed by atoms with E-state index in [1.165, 1.54) is 37.8 Å². The van der Waals surface area contributed by atoms with Crippen LogP contribution in [0.1, 0.15) is 64.3 Å². The fourth-order valence-electron chi connectivity index (χ4n) is 3.67. The van der Waals surface area contributed by atoms with Crippen LogP contribution in [-0.2, 0) is 19.4 Å². The molecule has 1 fully saturated rings. The van der Waals surface area contributed by atoms with Crippen LogP contribution in [0.25, 0.3) is 0 Å². The highest BCUT2D eigenvalue weighted by Crippen LogP contribution is 2.30. The standard InChI is InChI=1S/C17H30ClN3/c1-4-14-17(18)16(21(6-3)20-14)12-11-15(19-5-2)13-9-7-8-10-13/h13,15,19H,4-12H2,1-3H3. The maximum absolute atomic E-state index is 6.52. The van der Waals surface area contributed by atoms with E-state index >= 15 is 0 Å². The van der Waals surface area contributed by atoms with Crippen molar-refractivity contribution in [1.29, 1.82) is 0 Å². The zero-order chi connectivity index (χ0) is 15.2. The van der Waals surface area contributed by atoms with E-state index in [9.17, 15) is 0 Å². The third-order valence-electron chi connectivity index (χ3n) is 4.82. The molecule has 0 spiro atoms. The number of hydrogen-bond acceptors (Lipinski definition) is 2. The molecule has 4 heteroatoms. The predicted octanol–water partition coefficient (Wildman–Crippen LogP) is 4.22. The number of rotatable bonds is 8. The van der Waals surface area contributed by atoms with Crippen molar-refractivity contribution in [3.8, 4) is 0 Å². The Morgan fingerprint density at radius 2 is 2.00 bits per heavy atom. The summed E-state index contributed by atoms with van der Waals surface area (Å²) in [5.41, 5.74) is 2.28. The third kappa shape index (κ3) is 4.01. The van der Waals surface area contributed by atoms with Crippen LogP contribution in [0.4, 0.5) is 0 Å². The first-order valence-electron chi connectivity index (χ1n) is 8.68. The number of aromatic nitrogens is 2. The van der Waals surface area contributed by atoms with Gasteiger partial charge in [0.15, 0.2) is 0 Å². The maximum atomic E-state index is 6.52. The summed E-state index contributed by atoms with van der Waals surface area (Å²) in [5, 5.41) is 9.24. The van der Waals surface area contributed by atoms with Crippen molar-refractivity contribution in [2.45, 2.75) is 78.3 Å². The summed E-state index contributed by atoms with van der Waals surface area (Å²) in [6, 6.07) is 0.638. The smallest absolute Gasteiger partial charge is 0.0849 e. The lowest BCUT2D eigenvalue weighted by atomic mass is 9.93. The highest BCUT2D eigenvalue weighted by Gasteiger charge is 2.25. The van der Waals surface area contributed by atoms with Crippen molar-refractivity contribution in [2.75, 3.05) is 6.54 Å². The summed E-state index contributed by atoms with van der Waals surface area (Å²) in [7, 11) is 0. The van der Waals surface area contributed by atoms with Gasteiger partial charge < -0.3 is 5.32 Å². The van der Waals surface area contributed by atoms with E-state index in [2.05, 4.69) is 35.9 Å². The van der Waals surface area contributed by atoms with E-state index in [4.69, 9.17) is 11.6 Å². The monoisotopic (exact) mass is 311 g/mol. The van der Waals surface area contributed by atoms with Gasteiger partial charge in [0.05, 0.1) is 16.4 Å². The topological polar surface area (TPSA) is 29.9 Å². The molecule has 0 amide bonds. The van der Waals surface area contributed by atoms with Gasteiger partial charge in [-0.05, 0) is 51.5 Å². The minimum atomic E-state index is 0.638. The van der Waals surface area contributed by atoms with Crippen LogP contribution >= 0.6 is 11.6 Å². The van der Waals surface area contributed by atoms with Crippen molar-refractivity contribution >= 4 is 11.6 Å². The molecule has 0 radical (unpaired) electrons. The normalized spacial score (nSPS) is 17.5. The van der Waals surface area contributed by atoms with Gasteiger partial charge in [0, 0.05) is 12.6 Å². The number of halogens is 1. The number of aryl methyl sites for hydroxylation is 2. The summed E-state index contributed by atoms with van der Waals surface area (Å²) < 4.78 is 2.10. The van der Waals surface area contributed by atoms with Gasteiger partial charge in [-0.1, -0.05) is 38.3 Å². The van der Waals surface area contributed by atoms with Crippen LogP contribution in [0.5, 0.6) is 0 Å². The zero-order valence-corrected chi connectivity index (χ0v) is 14.5. The van der Waals surface area contributed by atoms with Crippen LogP contribution in [-0.4, -0.2) is 22.4 Å². The van der Waals surface area contributed by atoms with Gasteiger partial charge in [0.2, 0.25) is 0 Å². The molecule has 21 heavy (non-hydrogen) atoms. The van der Waals surface area contributed by atoms with Crippen molar-refractivity contribution in [3.05, 3.63) is 16.4 Å². The average Bonchev–Trinajstić information content (AvgIpc) is 3.12. The van der Waals surface area contributed by atoms with E-state index < -0.39 is 0 Å². The number of nitrogens with zero attached hydrogens (tertiary/aromatic N) is 2. The minimum absolute atomic E-state index is 0.638. The number of hydrogen-bond donors (Lipinski definition) is 1. The lowest BCUT2D eigenvalue weighted by Crippen LogP contribution is -2.35. The Kier molecular flexibility index (Phi) is 6.56. The molecule has 1 unspecified atom stereocenters. The summed E-state index contributed by atoms with van der Waals surface area (Å²) in [5.74, 6) is 0.854. The molecule has 3 nitrogen and oxygen atoms in total. The van der Waals surface area contributed by atoms with E-state index in [-0.39, 0.29) is 0 Å². The van der Waals surface area contributed by atoms with E-state index in [0.717, 1.165) is 42.6 Å². The fraction of sp³-hybridized carbons (Fsp3) is 0.824. The van der Waals surface area contributed by atoms with E-state index in [1.807, 2.05) is 0 Å². The molecule has 2 rings (SSSR count). The Labute approximate surface area is 134 Å². The Morgan fingerprint density at radius 3 is 2.57 bits per heavy atom. The average molecular weight is 312 g/mol. The molecule has 1 saturated carbocycles. The second-order valence-electron chi connectivity index (χ2n) is 6.12. The lowest BCUT2D eigenvalue weighted by Gasteiger charge is -2.24. The van der Waals surface area contributed by atoms with Crippen molar-refractivity contribution in [1.82, 2.24) is 15.1 Å². The molecular weight excluding hydrogens is 282 g/mol. The minimum Gasteiger partial charge on any atom is -0.314 e. The molecular formula is C17H30ClN3. The maximum Gasteiger partial charge on any atom is 0.0849 e. The molecule has 1 aliphatic rings. The van der Waals surface area contributed by atoms with Crippen molar-refractivity contribution < 1.29 is 0 Å². The van der Waals surface area contributed by atoms with E-state index in [0.29, 0.717) is 6.04 Å². The Morgan fingerprint density at radius 1 is 1.29 bits per heavy atom. The summed E-state index contributed by atoms with van der Waals surface area (Å²) >= 11 is 6.52. The van der Waals surface area contributed by atoms with Crippen LogP contribution in [0.2, 0.25) is 5.02 Å². The largest absolute Gasteiger partial charge is 0.314 e. The highest BCUT2D eigenvalue weighted by atomic mass is 35.5. The molecule has 0 saturated heterocycles. The SMILES string of the molecule is CCNC(CCc1c(Cl)c(CC)nn1CC)C1CCCC1. The fourth-order valence-corrected chi connectivity index (χ4v) is 4.04. The van der Waals surface area contributed by atoms with Gasteiger partial charge in [0.1, 0.15) is 0 Å². The molecule has 1 heterocycles. The molecule has 1 aromatic heterocycles. The first kappa shape index (κ1) is 16.8. The van der Waals surface area contributed by atoms with Crippen LogP contribution in [0.15, 0.2) is 0 Å². The van der Waals surface area contributed by atoms with Crippen LogP contribution < -0.4 is 5.32 Å². The van der Waals surface area contributed by atoms with Gasteiger partial charge in [-0.25, -0.2) is 0 Å².